The van der Waals surface area contributed by atoms with Crippen molar-refractivity contribution < 1.29 is 17.6 Å². The highest BCUT2D eigenvalue weighted by atomic mass is 32.2. The number of sulfonamides is 1. The van der Waals surface area contributed by atoms with Gasteiger partial charge in [-0.3, -0.25) is 9.36 Å². The highest BCUT2D eigenvalue weighted by molar-refractivity contribution is 7.89. The normalized spacial score (nSPS) is 13.0. The van der Waals surface area contributed by atoms with Crippen LogP contribution in [0.4, 0.5) is 5.69 Å². The number of aromatic nitrogens is 1. The number of hydrogen-bond acceptors (Lipinski definition) is 5. The van der Waals surface area contributed by atoms with E-state index in [0.29, 0.717) is 17.6 Å². The highest BCUT2D eigenvalue weighted by Crippen LogP contribution is 2.21. The molecule has 0 spiro atoms. The Balaban J connectivity index is 1.89. The average Bonchev–Trinajstić information content (AvgIpc) is 2.97. The van der Waals surface area contributed by atoms with E-state index in [2.05, 4.69) is 10.0 Å². The van der Waals surface area contributed by atoms with Gasteiger partial charge in [-0.25, -0.2) is 13.2 Å². The van der Waals surface area contributed by atoms with Gasteiger partial charge in [-0.15, -0.1) is 0 Å². The van der Waals surface area contributed by atoms with Gasteiger partial charge in [0.15, 0.2) is 5.58 Å². The molecule has 0 fully saturated rings. The van der Waals surface area contributed by atoms with Gasteiger partial charge in [0, 0.05) is 18.8 Å². The summed E-state index contributed by atoms with van der Waals surface area (Å²) in [6, 6.07) is 8.76. The summed E-state index contributed by atoms with van der Waals surface area (Å²) in [5.41, 5.74) is 3.24. The van der Waals surface area contributed by atoms with Gasteiger partial charge in [0.1, 0.15) is 6.04 Å². The number of benzene rings is 2. The molecule has 0 radical (unpaired) electrons. The van der Waals surface area contributed by atoms with Crippen molar-refractivity contribution in [2.75, 3.05) is 5.32 Å². The van der Waals surface area contributed by atoms with Crippen LogP contribution in [0.3, 0.4) is 0 Å². The van der Waals surface area contributed by atoms with E-state index in [0.717, 1.165) is 11.1 Å². The molecule has 0 aliphatic heterocycles. The monoisotopic (exact) mass is 445 g/mol. The number of anilines is 1. The summed E-state index contributed by atoms with van der Waals surface area (Å²) in [4.78, 5) is 24.6. The van der Waals surface area contributed by atoms with Gasteiger partial charge in [0.25, 0.3) is 0 Å². The summed E-state index contributed by atoms with van der Waals surface area (Å²) in [5, 5.41) is 2.84. The molecule has 3 rings (SSSR count). The number of aryl methyl sites for hydroxylation is 2. The Morgan fingerprint density at radius 1 is 1.16 bits per heavy atom. The first-order chi connectivity index (χ1) is 14.5. The lowest BCUT2D eigenvalue weighted by Gasteiger charge is -2.21. The van der Waals surface area contributed by atoms with Gasteiger partial charge >= 0.3 is 5.76 Å². The zero-order valence-electron chi connectivity index (χ0n) is 18.2. The number of rotatable bonds is 7. The van der Waals surface area contributed by atoms with E-state index in [1.807, 2.05) is 39.8 Å². The van der Waals surface area contributed by atoms with Crippen LogP contribution in [-0.4, -0.2) is 24.9 Å². The quantitative estimate of drug-likeness (QED) is 0.581. The van der Waals surface area contributed by atoms with Crippen LogP contribution in [0.15, 0.2) is 50.5 Å². The zero-order valence-corrected chi connectivity index (χ0v) is 19.0. The predicted octanol–water partition coefficient (Wildman–Crippen LogP) is 3.08. The van der Waals surface area contributed by atoms with Crippen molar-refractivity contribution in [3.8, 4) is 0 Å². The Bertz CT molecular complexity index is 1290. The van der Waals surface area contributed by atoms with Gasteiger partial charge in [-0.1, -0.05) is 26.0 Å². The molecule has 1 amide bonds. The maximum Gasteiger partial charge on any atom is 0.419 e. The first kappa shape index (κ1) is 22.8. The topological polar surface area (TPSA) is 110 Å². The second-order valence-electron chi connectivity index (χ2n) is 8.10. The molecule has 8 nitrogen and oxygen atoms in total. The molecule has 1 aromatic heterocycles. The van der Waals surface area contributed by atoms with Crippen molar-refractivity contribution in [1.29, 1.82) is 0 Å². The van der Waals surface area contributed by atoms with E-state index in [9.17, 15) is 18.0 Å². The molecule has 2 aromatic carbocycles. The summed E-state index contributed by atoms with van der Waals surface area (Å²) in [6.07, 6.45) is 0.318. The van der Waals surface area contributed by atoms with Crippen molar-refractivity contribution in [1.82, 2.24) is 9.29 Å². The number of fused-ring (bicyclic) bond motifs is 1. The van der Waals surface area contributed by atoms with Crippen LogP contribution in [0, 0.1) is 19.8 Å². The van der Waals surface area contributed by atoms with Gasteiger partial charge in [0.05, 0.1) is 10.4 Å². The van der Waals surface area contributed by atoms with Crippen molar-refractivity contribution >= 4 is 32.7 Å². The summed E-state index contributed by atoms with van der Waals surface area (Å²) < 4.78 is 34.9. The number of nitrogens with one attached hydrogen (secondary N) is 2. The summed E-state index contributed by atoms with van der Waals surface area (Å²) >= 11 is 0. The van der Waals surface area contributed by atoms with Gasteiger partial charge in [-0.05, 0) is 55.5 Å². The van der Waals surface area contributed by atoms with Crippen LogP contribution in [0.2, 0.25) is 0 Å². The molecular formula is C22H27N3O5S. The second kappa shape index (κ2) is 8.68. The van der Waals surface area contributed by atoms with E-state index in [1.165, 1.54) is 29.8 Å². The molecule has 2 N–H and O–H groups in total. The summed E-state index contributed by atoms with van der Waals surface area (Å²) in [5.74, 6) is -0.937. The fourth-order valence-electron chi connectivity index (χ4n) is 3.32. The van der Waals surface area contributed by atoms with Gasteiger partial charge in [-0.2, -0.15) is 4.72 Å². The highest BCUT2D eigenvalue weighted by Gasteiger charge is 2.27. The zero-order chi connectivity index (χ0) is 22.9. The van der Waals surface area contributed by atoms with E-state index < -0.39 is 27.7 Å². The van der Waals surface area contributed by atoms with E-state index in [4.69, 9.17) is 4.42 Å². The molecule has 9 heteroatoms. The minimum Gasteiger partial charge on any atom is -0.408 e. The van der Waals surface area contributed by atoms with Gasteiger partial charge < -0.3 is 9.73 Å². The second-order valence-corrected chi connectivity index (χ2v) is 9.81. The minimum absolute atomic E-state index is 0.0756. The Morgan fingerprint density at radius 2 is 1.87 bits per heavy atom. The molecule has 3 aromatic rings. The number of amides is 1. The van der Waals surface area contributed by atoms with Crippen molar-refractivity contribution in [2.24, 2.45) is 13.0 Å². The smallest absolute Gasteiger partial charge is 0.408 e. The molecule has 1 atom stereocenters. The van der Waals surface area contributed by atoms with Crippen LogP contribution in [0.5, 0.6) is 0 Å². The van der Waals surface area contributed by atoms with Gasteiger partial charge in [0.2, 0.25) is 15.9 Å². The standard InChI is InChI=1S/C22H27N3O5S/c1-13(2)11-18(21(26)23-17-8-6-7-14(3)15(17)4)24-31(28,29)16-9-10-19-20(12-16)30-22(27)25(19)5/h6-10,12-13,18,24H,11H2,1-5H3,(H,23,26)/t18-/m1/s1. The molecule has 0 saturated carbocycles. The SMILES string of the molecule is Cc1cccc(NC(=O)[C@@H](CC(C)C)NS(=O)(=O)c2ccc3c(c2)oc(=O)n3C)c1C. The number of oxazole rings is 1. The molecule has 0 bridgehead atoms. The van der Waals surface area contributed by atoms with Crippen LogP contribution in [-0.2, 0) is 21.9 Å². The molecule has 0 saturated heterocycles. The van der Waals surface area contributed by atoms with Crippen LogP contribution < -0.4 is 15.8 Å². The third-order valence-electron chi connectivity index (χ3n) is 5.26. The lowest BCUT2D eigenvalue weighted by Crippen LogP contribution is -2.44. The lowest BCUT2D eigenvalue weighted by molar-refractivity contribution is -0.118. The van der Waals surface area contributed by atoms with Crippen molar-refractivity contribution in [2.45, 2.75) is 45.1 Å². The number of carbonyl (C=O) groups excluding carboxylic acids is 1. The van der Waals surface area contributed by atoms with Crippen molar-refractivity contribution in [3.63, 3.8) is 0 Å². The van der Waals surface area contributed by atoms with E-state index in [-0.39, 0.29) is 16.4 Å². The fraction of sp³-hybridized carbons (Fsp3) is 0.364. The Kier molecular flexibility index (Phi) is 6.38. The molecular weight excluding hydrogens is 418 g/mol. The van der Waals surface area contributed by atoms with E-state index >= 15 is 0 Å². The number of carbonyl (C=O) groups is 1. The summed E-state index contributed by atoms with van der Waals surface area (Å²) in [6.45, 7) is 7.67. The van der Waals surface area contributed by atoms with E-state index in [1.54, 1.807) is 6.07 Å². The minimum atomic E-state index is -4.04. The largest absolute Gasteiger partial charge is 0.419 e. The molecule has 0 aliphatic carbocycles. The number of hydrogen-bond donors (Lipinski definition) is 2. The maximum absolute atomic E-state index is 13.0. The third kappa shape index (κ3) is 4.88. The summed E-state index contributed by atoms with van der Waals surface area (Å²) in [7, 11) is -2.50. The first-order valence-corrected chi connectivity index (χ1v) is 11.5. The Hall–Kier alpha value is -2.91. The van der Waals surface area contributed by atoms with Crippen LogP contribution in [0.1, 0.15) is 31.4 Å². The van der Waals surface area contributed by atoms with Crippen molar-refractivity contribution in [3.05, 3.63) is 58.1 Å². The fourth-order valence-corrected chi connectivity index (χ4v) is 4.55. The predicted molar refractivity (Wildman–Crippen MR) is 120 cm³/mol. The molecule has 0 aliphatic rings. The molecule has 0 unspecified atom stereocenters. The van der Waals surface area contributed by atoms with Crippen LogP contribution >= 0.6 is 0 Å². The molecule has 166 valence electrons. The lowest BCUT2D eigenvalue weighted by atomic mass is 10.0. The first-order valence-electron chi connectivity index (χ1n) is 9.98. The Labute approximate surface area is 181 Å². The van der Waals surface area contributed by atoms with Crippen LogP contribution in [0.25, 0.3) is 11.1 Å². The average molecular weight is 446 g/mol. The molecule has 31 heavy (non-hydrogen) atoms. The Morgan fingerprint density at radius 3 is 2.55 bits per heavy atom. The maximum atomic E-state index is 13.0. The molecule has 1 heterocycles. The number of nitrogens with zero attached hydrogens (tertiary/aromatic N) is 1. The third-order valence-corrected chi connectivity index (χ3v) is 6.73.